The van der Waals surface area contributed by atoms with Crippen molar-refractivity contribution in [2.24, 2.45) is 0 Å². The minimum atomic E-state index is 0. The molecule has 0 saturated heterocycles. The Balaban J connectivity index is 0.00000129. The summed E-state index contributed by atoms with van der Waals surface area (Å²) in [4.78, 5) is 0. The van der Waals surface area contributed by atoms with Gasteiger partial charge in [0.1, 0.15) is 0 Å². The van der Waals surface area contributed by atoms with E-state index < -0.39 is 0 Å². The van der Waals surface area contributed by atoms with E-state index in [9.17, 15) is 5.53 Å². The molecule has 0 spiro atoms. The van der Waals surface area contributed by atoms with Crippen molar-refractivity contribution in [3.8, 4) is 0 Å². The average Bonchev–Trinajstić information content (AvgIpc) is 1.73. The summed E-state index contributed by atoms with van der Waals surface area (Å²) in [5, 5.41) is 0. The number of hydrogen-bond donors (Lipinski definition) is 0. The van der Waals surface area contributed by atoms with Crippen LogP contribution in [0.25, 0.3) is 16.9 Å². The van der Waals surface area contributed by atoms with Gasteiger partial charge < -0.3 is 19.4 Å². The van der Waals surface area contributed by atoms with Crippen LogP contribution in [0.1, 0.15) is 436 Å². The van der Waals surface area contributed by atoms with Crippen molar-refractivity contribution in [1.82, 2.24) is 0 Å². The molecule has 0 saturated carbocycles. The van der Waals surface area contributed by atoms with Gasteiger partial charge in [0, 0.05) is 22.3 Å². The molecule has 1 aliphatic heterocycles. The maximum absolute atomic E-state index is 11.6. The van der Waals surface area contributed by atoms with Gasteiger partial charge in [0.25, 0.3) is 0 Å². The van der Waals surface area contributed by atoms with E-state index in [0.29, 0.717) is 0 Å². The van der Waals surface area contributed by atoms with E-state index in [1.807, 2.05) is 0 Å². The van der Waals surface area contributed by atoms with E-state index in [1.165, 1.54) is 348 Å². The quantitative estimate of drug-likeness (QED) is 0.0273. The van der Waals surface area contributed by atoms with Crippen LogP contribution >= 0.6 is 0 Å². The summed E-state index contributed by atoms with van der Waals surface area (Å²) in [6.45, 7) is 21.4. The first-order valence-corrected chi connectivity index (χ1v) is 39.2. The zero-order chi connectivity index (χ0) is 62.3. The van der Waals surface area contributed by atoms with E-state index in [-0.39, 0.29) is 16.5 Å². The molecule has 2 nitrogen and oxygen atoms in total. The fourth-order valence-corrected chi connectivity index (χ4v) is 12.8. The van der Waals surface area contributed by atoms with Crippen molar-refractivity contribution < 1.29 is 21.2 Å². The number of nitrogens with zero attached hydrogens (tertiary/aromatic N) is 2. The van der Waals surface area contributed by atoms with E-state index in [4.69, 9.17) is 0 Å². The monoisotopic (exact) mass is 1250 g/mol. The first kappa shape index (κ1) is 85.0. The van der Waals surface area contributed by atoms with Crippen LogP contribution in [0, 0.1) is 13.8 Å². The Kier molecular flexibility index (Phi) is 65.4. The van der Waals surface area contributed by atoms with Crippen molar-refractivity contribution in [2.45, 2.75) is 427 Å². The van der Waals surface area contributed by atoms with Crippen molar-refractivity contribution >= 4 is 11.4 Å². The van der Waals surface area contributed by atoms with Gasteiger partial charge in [0.2, 0.25) is 11.4 Å². The van der Waals surface area contributed by atoms with Crippen molar-refractivity contribution in [3.05, 3.63) is 101 Å². The van der Waals surface area contributed by atoms with Crippen molar-refractivity contribution in [1.29, 1.82) is 0 Å². The molecule has 3 rings (SSSR count). The van der Waals surface area contributed by atoms with Crippen LogP contribution < -0.4 is 0 Å². The summed E-state index contributed by atoms with van der Waals surface area (Å²) in [5.41, 5.74) is 21.3. The molecule has 1 heterocycles. The molecular formula is C84H150N2Ni. The molecule has 1 aliphatic rings. The van der Waals surface area contributed by atoms with Crippen molar-refractivity contribution in [2.75, 3.05) is 0 Å². The molecular weight excluding hydrogens is 1100 g/mol. The van der Waals surface area contributed by atoms with Gasteiger partial charge in [-0.3, -0.25) is 0 Å². The molecule has 0 radical (unpaired) electrons. The summed E-state index contributed by atoms with van der Waals surface area (Å²) in [6.07, 6.45) is 83.3. The molecule has 0 unspecified atom stereocenters. The Labute approximate surface area is 557 Å². The van der Waals surface area contributed by atoms with Crippen LogP contribution in [0.4, 0.5) is 0 Å². The first-order valence-electron chi connectivity index (χ1n) is 39.2. The molecule has 87 heavy (non-hydrogen) atoms. The van der Waals surface area contributed by atoms with E-state index in [0.717, 1.165) is 86.7 Å². The van der Waals surface area contributed by atoms with E-state index in [2.05, 4.69) is 104 Å². The molecule has 2 aromatic carbocycles. The zero-order valence-corrected chi connectivity index (χ0v) is 60.7. The predicted octanol–water partition coefficient (Wildman–Crippen LogP) is 30.3. The van der Waals surface area contributed by atoms with Crippen LogP contribution in [0.3, 0.4) is 0 Å². The Morgan fingerprint density at radius 2 is 0.414 bits per heavy atom. The molecule has 0 bridgehead atoms. The van der Waals surface area contributed by atoms with Crippen molar-refractivity contribution in [3.63, 3.8) is 0 Å². The minimum absolute atomic E-state index is 0. The Morgan fingerprint density at radius 3 is 0.598 bits per heavy atom. The van der Waals surface area contributed by atoms with Crippen LogP contribution in [-0.4, -0.2) is 4.70 Å². The topological polar surface area (TPSA) is 25.3 Å². The standard InChI is InChI=1S/C32H44N2.2C26H53.Ni/c1-5-9-13-25-17-21-27(22-18-25)31-29(15-11-7-3)30(16-12-8-4)32(34(31)33)28-23-19-26(20-24-28)14-10-6-2;2*1-3-5-7-9-11-13-15-17-19-21-23-25-26-24-22-20-18-16-14-12-10-8-6-4-2;/h17-24H,5-16H2,1-4H3;2*1,3-26H2,2H3;/q;2*-1;+2. The van der Waals surface area contributed by atoms with Gasteiger partial charge in [-0.05, 0) is 86.8 Å². The van der Waals surface area contributed by atoms with Crippen LogP contribution in [0.2, 0.25) is 0 Å². The molecule has 2 aromatic rings. The number of allylic oxidation sites excluding steroid dienone is 2. The maximum atomic E-state index is 11.6. The van der Waals surface area contributed by atoms with Gasteiger partial charge in [-0.2, -0.15) is 12.8 Å². The fourth-order valence-electron chi connectivity index (χ4n) is 12.8. The zero-order valence-electron chi connectivity index (χ0n) is 59.7. The minimum Gasteiger partial charge on any atom is -0.493 e. The normalized spacial score (nSPS) is 12.2. The third-order valence-electron chi connectivity index (χ3n) is 18.7. The first-order chi connectivity index (χ1) is 42.5. The van der Waals surface area contributed by atoms with E-state index in [1.54, 1.807) is 0 Å². The predicted molar refractivity (Wildman–Crippen MR) is 390 cm³/mol. The number of aryl methyl sites for hydroxylation is 2. The number of rotatable bonds is 60. The second-order valence-corrected chi connectivity index (χ2v) is 27.0. The maximum Gasteiger partial charge on any atom is 2.00 e. The number of hydrogen-bond acceptors (Lipinski definition) is 0. The van der Waals surface area contributed by atoms with Gasteiger partial charge in [0.15, 0.2) is 0 Å². The van der Waals surface area contributed by atoms with Gasteiger partial charge in [-0.15, -0.1) is 0 Å². The fraction of sp³-hybridized carbons (Fsp3) is 0.786. The third-order valence-corrected chi connectivity index (χ3v) is 18.7. The molecule has 0 aromatic heterocycles. The van der Waals surface area contributed by atoms with Gasteiger partial charge >= 0.3 is 16.5 Å². The van der Waals surface area contributed by atoms with Gasteiger partial charge in [-0.1, -0.05) is 387 Å². The summed E-state index contributed by atoms with van der Waals surface area (Å²) >= 11 is 0. The van der Waals surface area contributed by atoms with Crippen LogP contribution in [0.5, 0.6) is 0 Å². The molecule has 0 N–H and O–H groups in total. The Bertz CT molecular complexity index is 1610. The Morgan fingerprint density at radius 1 is 0.241 bits per heavy atom. The third kappa shape index (κ3) is 48.4. The second-order valence-electron chi connectivity index (χ2n) is 27.0. The average molecular weight is 1250 g/mol. The Hall–Kier alpha value is -1.99. The van der Waals surface area contributed by atoms with Gasteiger partial charge in [-0.25, -0.2) is 4.70 Å². The molecule has 506 valence electrons. The number of benzene rings is 2. The summed E-state index contributed by atoms with van der Waals surface area (Å²) in [6, 6.07) is 17.8. The smallest absolute Gasteiger partial charge is 0.493 e. The molecule has 0 amide bonds. The summed E-state index contributed by atoms with van der Waals surface area (Å²) < 4.78 is 1.51. The van der Waals surface area contributed by atoms with E-state index >= 15 is 0 Å². The number of unbranched alkanes of at least 4 members (excludes halogenated alkanes) is 50. The van der Waals surface area contributed by atoms with Crippen LogP contribution in [-0.2, 0) is 29.3 Å². The van der Waals surface area contributed by atoms with Gasteiger partial charge in [0.05, 0.1) is 0 Å². The summed E-state index contributed by atoms with van der Waals surface area (Å²) in [7, 11) is 0. The largest absolute Gasteiger partial charge is 2.00 e. The molecule has 0 aliphatic carbocycles. The molecule has 0 fully saturated rings. The second kappa shape index (κ2) is 66.9. The molecule has 0 atom stereocenters. The van der Waals surface area contributed by atoms with Crippen LogP contribution in [0.15, 0.2) is 59.7 Å². The molecule has 3 heteroatoms. The summed E-state index contributed by atoms with van der Waals surface area (Å²) in [5.74, 6) is 0. The SMILES string of the molecule is CCCCC1=C(c2ccc(CCCC)cc2)[N+](=[N-])C(c2ccc(CCCC)cc2)=C1CCCC.[CH2-]CCCCCCCCCCCCCCCCCCCCCCCCC.[CH2-]CCCCCCCCCCCCCCCCCCCCCCCCC.[Ni+2].